The maximum absolute atomic E-state index is 12.6. The number of aromatic nitrogens is 2. The van der Waals surface area contributed by atoms with E-state index in [9.17, 15) is 9.90 Å². The quantitative estimate of drug-likeness (QED) is 0.391. The SMILES string of the molecule is CCCC/C=C\[C@@H](C(=O)OCc1ccccc1)[C@@H](O)c1cnc(OC)nc1. The van der Waals surface area contributed by atoms with Gasteiger partial charge >= 0.3 is 12.0 Å². The summed E-state index contributed by atoms with van der Waals surface area (Å²) in [6.07, 6.45) is 8.33. The first kappa shape index (κ1) is 20.6. The van der Waals surface area contributed by atoms with Crippen molar-refractivity contribution in [3.8, 4) is 6.01 Å². The van der Waals surface area contributed by atoms with E-state index in [1.807, 2.05) is 36.4 Å². The number of carbonyl (C=O) groups is 1. The second kappa shape index (κ2) is 11.1. The molecule has 2 aromatic rings. The van der Waals surface area contributed by atoms with Crippen molar-refractivity contribution in [2.75, 3.05) is 7.11 Å². The van der Waals surface area contributed by atoms with Crippen LogP contribution >= 0.6 is 0 Å². The fraction of sp³-hybridized carbons (Fsp3) is 0.381. The lowest BCUT2D eigenvalue weighted by Gasteiger charge is -2.19. The highest BCUT2D eigenvalue weighted by Gasteiger charge is 2.28. The molecule has 1 aromatic heterocycles. The van der Waals surface area contributed by atoms with Crippen molar-refractivity contribution in [3.63, 3.8) is 0 Å². The summed E-state index contributed by atoms with van der Waals surface area (Å²) in [5, 5.41) is 10.7. The van der Waals surface area contributed by atoms with Crippen LogP contribution in [0.1, 0.15) is 43.4 Å². The number of nitrogens with zero attached hydrogens (tertiary/aromatic N) is 2. The predicted octanol–water partition coefficient (Wildman–Crippen LogP) is 3.62. The summed E-state index contributed by atoms with van der Waals surface area (Å²) < 4.78 is 10.3. The molecule has 6 heteroatoms. The number of ether oxygens (including phenoxy) is 2. The molecule has 0 radical (unpaired) electrons. The molecular formula is C21H26N2O4. The van der Waals surface area contributed by atoms with E-state index in [1.54, 1.807) is 6.08 Å². The van der Waals surface area contributed by atoms with Gasteiger partial charge in [0.15, 0.2) is 0 Å². The van der Waals surface area contributed by atoms with Crippen LogP contribution in [0.5, 0.6) is 6.01 Å². The number of allylic oxidation sites excluding steroid dienone is 1. The van der Waals surface area contributed by atoms with Crippen molar-refractivity contribution in [1.29, 1.82) is 0 Å². The third kappa shape index (κ3) is 6.49. The first-order valence-corrected chi connectivity index (χ1v) is 9.07. The maximum Gasteiger partial charge on any atom is 0.316 e. The largest absolute Gasteiger partial charge is 0.467 e. The molecule has 0 saturated heterocycles. The number of aliphatic hydroxyl groups excluding tert-OH is 1. The minimum atomic E-state index is -1.10. The van der Waals surface area contributed by atoms with Crippen LogP contribution in [0.15, 0.2) is 54.9 Å². The molecule has 0 spiro atoms. The van der Waals surface area contributed by atoms with Crippen molar-refractivity contribution in [3.05, 3.63) is 66.0 Å². The summed E-state index contributed by atoms with van der Waals surface area (Å²) in [7, 11) is 1.46. The summed E-state index contributed by atoms with van der Waals surface area (Å²) in [4.78, 5) is 20.6. The summed E-state index contributed by atoms with van der Waals surface area (Å²) in [5.41, 5.74) is 1.32. The highest BCUT2D eigenvalue weighted by atomic mass is 16.5. The summed E-state index contributed by atoms with van der Waals surface area (Å²) in [6.45, 7) is 2.26. The molecule has 0 aliphatic carbocycles. The van der Waals surface area contributed by atoms with Gasteiger partial charge in [0, 0.05) is 18.0 Å². The average Bonchev–Trinajstić information content (AvgIpc) is 2.72. The average molecular weight is 370 g/mol. The number of hydrogen-bond acceptors (Lipinski definition) is 6. The molecule has 144 valence electrons. The normalized spacial score (nSPS) is 13.3. The zero-order valence-electron chi connectivity index (χ0n) is 15.7. The van der Waals surface area contributed by atoms with Gasteiger partial charge in [-0.2, -0.15) is 0 Å². The molecule has 2 atom stereocenters. The zero-order chi connectivity index (χ0) is 19.5. The van der Waals surface area contributed by atoms with Crippen molar-refractivity contribution < 1.29 is 19.4 Å². The van der Waals surface area contributed by atoms with Gasteiger partial charge in [-0.3, -0.25) is 4.79 Å². The molecule has 1 aromatic carbocycles. The van der Waals surface area contributed by atoms with Gasteiger partial charge in [0.25, 0.3) is 0 Å². The maximum atomic E-state index is 12.6. The molecule has 0 bridgehead atoms. The number of carbonyl (C=O) groups excluding carboxylic acids is 1. The second-order valence-corrected chi connectivity index (χ2v) is 6.14. The van der Waals surface area contributed by atoms with Crippen molar-refractivity contribution >= 4 is 5.97 Å². The Morgan fingerprint density at radius 3 is 2.56 bits per heavy atom. The van der Waals surface area contributed by atoms with E-state index in [2.05, 4.69) is 16.9 Å². The molecular weight excluding hydrogens is 344 g/mol. The third-order valence-corrected chi connectivity index (χ3v) is 4.08. The van der Waals surface area contributed by atoms with Crippen molar-refractivity contribution in [1.82, 2.24) is 9.97 Å². The Balaban J connectivity index is 2.10. The Morgan fingerprint density at radius 2 is 1.93 bits per heavy atom. The Labute approximate surface area is 159 Å². The van der Waals surface area contributed by atoms with Crippen molar-refractivity contribution in [2.24, 2.45) is 5.92 Å². The molecule has 0 saturated carbocycles. The van der Waals surface area contributed by atoms with Gasteiger partial charge in [-0.1, -0.05) is 62.2 Å². The number of aliphatic hydroxyl groups is 1. The number of rotatable bonds is 10. The van der Waals surface area contributed by atoms with Gasteiger partial charge in [-0.25, -0.2) is 9.97 Å². The van der Waals surface area contributed by atoms with E-state index < -0.39 is 18.0 Å². The number of hydrogen-bond donors (Lipinski definition) is 1. The van der Waals surface area contributed by atoms with Gasteiger partial charge in [-0.05, 0) is 12.0 Å². The Morgan fingerprint density at radius 1 is 1.22 bits per heavy atom. The highest BCUT2D eigenvalue weighted by Crippen LogP contribution is 2.25. The molecule has 6 nitrogen and oxygen atoms in total. The topological polar surface area (TPSA) is 81.5 Å². The minimum absolute atomic E-state index is 0.158. The Kier molecular flexibility index (Phi) is 8.45. The molecule has 1 heterocycles. The van der Waals surface area contributed by atoms with E-state index in [1.165, 1.54) is 19.5 Å². The van der Waals surface area contributed by atoms with Crippen molar-refractivity contribution in [2.45, 2.75) is 38.9 Å². The van der Waals surface area contributed by atoms with Crippen LogP contribution in [0, 0.1) is 5.92 Å². The molecule has 0 aliphatic rings. The van der Waals surface area contributed by atoms with Gasteiger partial charge < -0.3 is 14.6 Å². The fourth-order valence-electron chi connectivity index (χ4n) is 2.49. The van der Waals surface area contributed by atoms with Crippen LogP contribution in [0.2, 0.25) is 0 Å². The van der Waals surface area contributed by atoms with Gasteiger partial charge in [-0.15, -0.1) is 0 Å². The smallest absolute Gasteiger partial charge is 0.316 e. The first-order valence-electron chi connectivity index (χ1n) is 9.07. The van der Waals surface area contributed by atoms with Gasteiger partial charge in [0.1, 0.15) is 12.5 Å². The van der Waals surface area contributed by atoms with E-state index in [0.717, 1.165) is 24.8 Å². The van der Waals surface area contributed by atoms with E-state index in [-0.39, 0.29) is 12.6 Å². The number of methoxy groups -OCH3 is 1. The van der Waals surface area contributed by atoms with E-state index in [0.29, 0.717) is 5.56 Å². The van der Waals surface area contributed by atoms with Gasteiger partial charge in [0.2, 0.25) is 0 Å². The molecule has 1 N–H and O–H groups in total. The lowest BCUT2D eigenvalue weighted by molar-refractivity contribution is -0.151. The van der Waals surface area contributed by atoms with Crippen LogP contribution in [0.25, 0.3) is 0 Å². The number of esters is 1. The monoisotopic (exact) mass is 370 g/mol. The molecule has 0 unspecified atom stereocenters. The van der Waals surface area contributed by atoms with E-state index >= 15 is 0 Å². The van der Waals surface area contributed by atoms with Crippen LogP contribution < -0.4 is 4.74 Å². The summed E-state index contributed by atoms with van der Waals surface area (Å²) in [5.74, 6) is -1.32. The predicted molar refractivity (Wildman–Crippen MR) is 102 cm³/mol. The van der Waals surface area contributed by atoms with Crippen LogP contribution in [0.4, 0.5) is 0 Å². The third-order valence-electron chi connectivity index (χ3n) is 4.08. The summed E-state index contributed by atoms with van der Waals surface area (Å²) >= 11 is 0. The fourth-order valence-corrected chi connectivity index (χ4v) is 2.49. The lowest BCUT2D eigenvalue weighted by Crippen LogP contribution is -2.23. The number of benzene rings is 1. The molecule has 0 aliphatic heterocycles. The minimum Gasteiger partial charge on any atom is -0.467 e. The Bertz CT molecular complexity index is 717. The zero-order valence-corrected chi connectivity index (χ0v) is 15.7. The van der Waals surface area contributed by atoms with E-state index in [4.69, 9.17) is 9.47 Å². The Hall–Kier alpha value is -2.73. The van der Waals surface area contributed by atoms with Crippen LogP contribution in [-0.4, -0.2) is 28.2 Å². The second-order valence-electron chi connectivity index (χ2n) is 6.14. The lowest BCUT2D eigenvalue weighted by atomic mass is 9.96. The van der Waals surface area contributed by atoms with Crippen LogP contribution in [-0.2, 0) is 16.1 Å². The standard InChI is InChI=1S/C21H26N2O4/c1-3-4-5-9-12-18(19(24)17-13-22-21(26-2)23-14-17)20(25)27-15-16-10-7-6-8-11-16/h6-14,18-19,24H,3-5,15H2,1-2H3/b12-9-/t18-,19+/m1/s1. The van der Waals surface area contributed by atoms with Gasteiger partial charge in [0.05, 0.1) is 13.2 Å². The molecule has 27 heavy (non-hydrogen) atoms. The first-order chi connectivity index (χ1) is 13.2. The summed E-state index contributed by atoms with van der Waals surface area (Å²) in [6, 6.07) is 9.63. The molecule has 2 rings (SSSR count). The number of unbranched alkanes of at least 4 members (excludes halogenated alkanes) is 2. The molecule has 0 fully saturated rings. The molecule has 0 amide bonds. The van der Waals surface area contributed by atoms with Crippen LogP contribution in [0.3, 0.4) is 0 Å². The highest BCUT2D eigenvalue weighted by molar-refractivity contribution is 5.75.